The number of ether oxygens (including phenoxy) is 1. The number of hydrogen-bond acceptors (Lipinski definition) is 5. The van der Waals surface area contributed by atoms with Gasteiger partial charge in [0.15, 0.2) is 5.76 Å². The van der Waals surface area contributed by atoms with E-state index in [1.54, 1.807) is 31.0 Å². The van der Waals surface area contributed by atoms with E-state index in [1.165, 1.54) is 6.26 Å². The van der Waals surface area contributed by atoms with Gasteiger partial charge in [0.2, 0.25) is 5.91 Å². The molecule has 2 amide bonds. The number of benzene rings is 1. The van der Waals surface area contributed by atoms with Crippen LogP contribution in [-0.2, 0) is 11.3 Å². The fraction of sp³-hybridized carbons (Fsp3) is 0.333. The van der Waals surface area contributed by atoms with Crippen LogP contribution in [0.3, 0.4) is 0 Å². The molecule has 0 aliphatic rings. The highest BCUT2D eigenvalue weighted by Crippen LogP contribution is 2.16. The molecule has 0 bridgehead atoms. The molecule has 1 atom stereocenters. The van der Waals surface area contributed by atoms with Crippen molar-refractivity contribution in [2.45, 2.75) is 19.0 Å². The fourth-order valence-electron chi connectivity index (χ4n) is 2.30. The maximum atomic E-state index is 12.5. The van der Waals surface area contributed by atoms with Crippen LogP contribution in [0.25, 0.3) is 0 Å². The van der Waals surface area contributed by atoms with Gasteiger partial charge in [0.05, 0.1) is 13.4 Å². The number of para-hydroxylation sites is 1. The van der Waals surface area contributed by atoms with E-state index < -0.39 is 11.9 Å². The van der Waals surface area contributed by atoms with E-state index in [-0.39, 0.29) is 11.7 Å². The van der Waals surface area contributed by atoms with Gasteiger partial charge >= 0.3 is 0 Å². The molecule has 134 valence electrons. The van der Waals surface area contributed by atoms with E-state index in [9.17, 15) is 9.59 Å². The molecular formula is C18H22N2O4S. The second kappa shape index (κ2) is 9.78. The molecule has 0 unspecified atom stereocenters. The number of amides is 2. The van der Waals surface area contributed by atoms with Crippen molar-refractivity contribution in [3.8, 4) is 5.75 Å². The molecule has 1 aromatic heterocycles. The Morgan fingerprint density at radius 3 is 2.72 bits per heavy atom. The second-order valence-electron chi connectivity index (χ2n) is 5.31. The normalized spacial score (nSPS) is 11.6. The highest BCUT2D eigenvalue weighted by Gasteiger charge is 2.22. The number of methoxy groups -OCH3 is 1. The summed E-state index contributed by atoms with van der Waals surface area (Å²) in [6.07, 6.45) is 3.91. The van der Waals surface area contributed by atoms with Crippen LogP contribution in [0, 0.1) is 0 Å². The van der Waals surface area contributed by atoms with Gasteiger partial charge in [0.25, 0.3) is 5.91 Å². The summed E-state index contributed by atoms with van der Waals surface area (Å²) >= 11 is 1.62. The van der Waals surface area contributed by atoms with Crippen LogP contribution in [0.2, 0.25) is 0 Å². The van der Waals surface area contributed by atoms with Crippen LogP contribution in [0.15, 0.2) is 47.1 Å². The molecule has 0 saturated heterocycles. The molecule has 0 aliphatic heterocycles. The zero-order valence-electron chi connectivity index (χ0n) is 14.3. The number of nitrogens with one attached hydrogen (secondary N) is 2. The maximum absolute atomic E-state index is 12.5. The molecule has 1 aromatic carbocycles. The van der Waals surface area contributed by atoms with Crippen LogP contribution >= 0.6 is 11.8 Å². The lowest BCUT2D eigenvalue weighted by Crippen LogP contribution is -2.46. The molecule has 0 aliphatic carbocycles. The zero-order valence-corrected chi connectivity index (χ0v) is 15.1. The van der Waals surface area contributed by atoms with E-state index in [0.29, 0.717) is 18.7 Å². The van der Waals surface area contributed by atoms with Crippen molar-refractivity contribution in [3.63, 3.8) is 0 Å². The van der Waals surface area contributed by atoms with Gasteiger partial charge in [-0.25, -0.2) is 0 Å². The van der Waals surface area contributed by atoms with Gasteiger partial charge in [-0.05, 0) is 36.6 Å². The summed E-state index contributed by atoms with van der Waals surface area (Å²) in [4.78, 5) is 24.7. The summed E-state index contributed by atoms with van der Waals surface area (Å²) in [5.74, 6) is 1.02. The quantitative estimate of drug-likeness (QED) is 0.716. The van der Waals surface area contributed by atoms with Crippen molar-refractivity contribution in [2.75, 3.05) is 19.1 Å². The minimum atomic E-state index is -0.625. The first kappa shape index (κ1) is 18.9. The first-order valence-corrected chi connectivity index (χ1v) is 9.28. The average molecular weight is 362 g/mol. The molecule has 6 nitrogen and oxygen atoms in total. The van der Waals surface area contributed by atoms with Crippen molar-refractivity contribution in [1.29, 1.82) is 0 Å². The smallest absolute Gasteiger partial charge is 0.287 e. The third kappa shape index (κ3) is 5.56. The molecule has 2 aromatic rings. The molecule has 25 heavy (non-hydrogen) atoms. The lowest BCUT2D eigenvalue weighted by molar-refractivity contribution is -0.123. The van der Waals surface area contributed by atoms with Crippen LogP contribution in [0.1, 0.15) is 22.5 Å². The van der Waals surface area contributed by atoms with Crippen molar-refractivity contribution < 1.29 is 18.7 Å². The predicted octanol–water partition coefficient (Wildman–Crippen LogP) is 2.46. The largest absolute Gasteiger partial charge is 0.496 e. The minimum Gasteiger partial charge on any atom is -0.496 e. The van der Waals surface area contributed by atoms with Gasteiger partial charge in [-0.2, -0.15) is 11.8 Å². The monoisotopic (exact) mass is 362 g/mol. The predicted molar refractivity (Wildman–Crippen MR) is 97.8 cm³/mol. The Morgan fingerprint density at radius 2 is 2.04 bits per heavy atom. The Labute approximate surface area is 151 Å². The van der Waals surface area contributed by atoms with E-state index in [2.05, 4.69) is 10.6 Å². The lowest BCUT2D eigenvalue weighted by Gasteiger charge is -2.18. The molecule has 1 heterocycles. The van der Waals surface area contributed by atoms with E-state index in [0.717, 1.165) is 11.3 Å². The Kier molecular flexibility index (Phi) is 7.40. The summed E-state index contributed by atoms with van der Waals surface area (Å²) < 4.78 is 10.4. The molecule has 0 fully saturated rings. The van der Waals surface area contributed by atoms with Gasteiger partial charge in [0, 0.05) is 12.1 Å². The minimum absolute atomic E-state index is 0.187. The molecular weight excluding hydrogens is 340 g/mol. The van der Waals surface area contributed by atoms with Crippen LogP contribution in [0.4, 0.5) is 0 Å². The Morgan fingerprint density at radius 1 is 1.24 bits per heavy atom. The van der Waals surface area contributed by atoms with Crippen molar-refractivity contribution >= 4 is 23.6 Å². The van der Waals surface area contributed by atoms with Crippen molar-refractivity contribution in [3.05, 3.63) is 54.0 Å². The second-order valence-corrected chi connectivity index (χ2v) is 6.30. The van der Waals surface area contributed by atoms with Crippen molar-refractivity contribution in [1.82, 2.24) is 10.6 Å². The number of thioether (sulfide) groups is 1. The van der Waals surface area contributed by atoms with Gasteiger partial charge in [-0.1, -0.05) is 18.2 Å². The third-order valence-electron chi connectivity index (χ3n) is 3.62. The average Bonchev–Trinajstić information content (AvgIpc) is 3.18. The SMILES string of the molecule is COc1ccccc1CNC(=O)[C@H](CCSC)NC(=O)c1ccco1. The molecule has 0 spiro atoms. The number of carbonyl (C=O) groups is 2. The Balaban J connectivity index is 1.98. The Hall–Kier alpha value is -2.41. The molecule has 2 rings (SSSR count). The van der Waals surface area contributed by atoms with Gasteiger partial charge in [0.1, 0.15) is 11.8 Å². The highest BCUT2D eigenvalue weighted by molar-refractivity contribution is 7.98. The van der Waals surface area contributed by atoms with Crippen LogP contribution in [-0.4, -0.2) is 37.0 Å². The van der Waals surface area contributed by atoms with E-state index in [1.807, 2.05) is 30.5 Å². The number of furan rings is 1. The van der Waals surface area contributed by atoms with Gasteiger partial charge in [-0.3, -0.25) is 9.59 Å². The van der Waals surface area contributed by atoms with Crippen molar-refractivity contribution in [2.24, 2.45) is 0 Å². The first-order valence-electron chi connectivity index (χ1n) is 7.88. The Bertz CT molecular complexity index is 688. The summed E-state index contributed by atoms with van der Waals surface area (Å²) in [5, 5.41) is 5.59. The fourth-order valence-corrected chi connectivity index (χ4v) is 2.77. The summed E-state index contributed by atoms with van der Waals surface area (Å²) in [7, 11) is 1.59. The summed E-state index contributed by atoms with van der Waals surface area (Å²) in [6.45, 7) is 0.329. The number of rotatable bonds is 9. The highest BCUT2D eigenvalue weighted by atomic mass is 32.2. The first-order chi connectivity index (χ1) is 12.2. The molecule has 0 saturated carbocycles. The van der Waals surface area contributed by atoms with Gasteiger partial charge in [-0.15, -0.1) is 0 Å². The van der Waals surface area contributed by atoms with E-state index in [4.69, 9.17) is 9.15 Å². The molecule has 0 radical (unpaired) electrons. The van der Waals surface area contributed by atoms with Crippen LogP contribution in [0.5, 0.6) is 5.75 Å². The van der Waals surface area contributed by atoms with Crippen LogP contribution < -0.4 is 15.4 Å². The topological polar surface area (TPSA) is 80.6 Å². The number of hydrogen-bond donors (Lipinski definition) is 2. The van der Waals surface area contributed by atoms with E-state index >= 15 is 0 Å². The standard InChI is InChI=1S/C18H22N2O4S/c1-23-15-7-4-3-6-13(15)12-19-17(21)14(9-11-25-2)20-18(22)16-8-5-10-24-16/h3-8,10,14H,9,11-12H2,1-2H3,(H,19,21)(H,20,22)/t14-/m0/s1. The van der Waals surface area contributed by atoms with Gasteiger partial charge < -0.3 is 19.8 Å². The molecule has 7 heteroatoms. The zero-order chi connectivity index (χ0) is 18.1. The number of carbonyl (C=O) groups excluding carboxylic acids is 2. The maximum Gasteiger partial charge on any atom is 0.287 e. The summed E-state index contributed by atoms with van der Waals surface area (Å²) in [6, 6.07) is 10.0. The molecule has 2 N–H and O–H groups in total. The lowest BCUT2D eigenvalue weighted by atomic mass is 10.1. The third-order valence-corrected chi connectivity index (χ3v) is 4.27. The summed E-state index contributed by atoms with van der Waals surface area (Å²) in [5.41, 5.74) is 0.874.